The summed E-state index contributed by atoms with van der Waals surface area (Å²) in [4.78, 5) is 34.8. The van der Waals surface area contributed by atoms with Crippen LogP contribution in [-0.4, -0.2) is 43.9 Å². The minimum Gasteiger partial charge on any atom is -0.493 e. The summed E-state index contributed by atoms with van der Waals surface area (Å²) >= 11 is 0. The van der Waals surface area contributed by atoms with Gasteiger partial charge in [-0.25, -0.2) is 4.79 Å². The number of methoxy groups -OCH3 is 2. The summed E-state index contributed by atoms with van der Waals surface area (Å²) in [6, 6.07) is 5.55. The number of hydrogen-bond donors (Lipinski definition) is 1. The molecule has 0 saturated heterocycles. The van der Waals surface area contributed by atoms with Crippen molar-refractivity contribution >= 4 is 23.3 Å². The van der Waals surface area contributed by atoms with Crippen molar-refractivity contribution in [3.05, 3.63) is 46.0 Å². The lowest BCUT2D eigenvalue weighted by Gasteiger charge is -2.11. The summed E-state index contributed by atoms with van der Waals surface area (Å²) in [5, 5.41) is 13.6. The zero-order valence-corrected chi connectivity index (χ0v) is 16.0. The maximum absolute atomic E-state index is 13.0. The van der Waals surface area contributed by atoms with Crippen LogP contribution in [0.4, 0.5) is 20.2 Å². The van der Waals surface area contributed by atoms with Gasteiger partial charge in [0.15, 0.2) is 29.6 Å². The number of rotatable bonds is 7. The second-order valence-electron chi connectivity index (χ2n) is 5.93. The van der Waals surface area contributed by atoms with Gasteiger partial charge in [0.2, 0.25) is 0 Å². The number of halogens is 2. The maximum atomic E-state index is 13.0. The predicted molar refractivity (Wildman–Crippen MR) is 97.8 cm³/mol. The average Bonchev–Trinajstić information content (AvgIpc) is 3.03. The molecule has 0 atom stereocenters. The molecule has 1 amide bonds. The highest BCUT2D eigenvalue weighted by atomic mass is 19.3. The summed E-state index contributed by atoms with van der Waals surface area (Å²) in [5.74, 6) is -2.43. The van der Waals surface area contributed by atoms with Gasteiger partial charge in [-0.2, -0.15) is 0 Å². The van der Waals surface area contributed by atoms with Crippen LogP contribution in [0.3, 0.4) is 0 Å². The van der Waals surface area contributed by atoms with E-state index in [4.69, 9.17) is 14.2 Å². The van der Waals surface area contributed by atoms with Crippen LogP contribution in [0.5, 0.6) is 23.0 Å². The monoisotopic (exact) mass is 440 g/mol. The van der Waals surface area contributed by atoms with Crippen LogP contribution in [0.25, 0.3) is 0 Å². The van der Waals surface area contributed by atoms with E-state index in [1.54, 1.807) is 0 Å². The Morgan fingerprint density at radius 1 is 1.10 bits per heavy atom. The van der Waals surface area contributed by atoms with E-state index in [0.717, 1.165) is 24.3 Å². The second kappa shape index (κ2) is 8.30. The van der Waals surface area contributed by atoms with Gasteiger partial charge in [0.1, 0.15) is 5.56 Å². The van der Waals surface area contributed by atoms with Crippen LogP contribution < -0.4 is 24.3 Å². The molecule has 0 aromatic heterocycles. The molecule has 0 fully saturated rings. The molecule has 164 valence electrons. The molecule has 11 nitrogen and oxygen atoms in total. The fourth-order valence-corrected chi connectivity index (χ4v) is 2.62. The molecule has 3 rings (SSSR count). The molecule has 13 heteroatoms. The molecule has 0 saturated carbocycles. The number of alkyl halides is 2. The molecule has 2 aromatic carbocycles. The Morgan fingerprint density at radius 3 is 2.39 bits per heavy atom. The molecule has 0 aliphatic carbocycles. The molecule has 0 radical (unpaired) electrons. The first-order valence-corrected chi connectivity index (χ1v) is 8.41. The number of carbonyl (C=O) groups is 2. The molecule has 0 spiro atoms. The third-order valence-electron chi connectivity index (χ3n) is 3.94. The summed E-state index contributed by atoms with van der Waals surface area (Å²) in [7, 11) is 2.54. The molecular weight excluding hydrogens is 426 g/mol. The van der Waals surface area contributed by atoms with E-state index in [1.165, 1.54) is 20.3 Å². The third kappa shape index (κ3) is 4.71. The summed E-state index contributed by atoms with van der Waals surface area (Å²) < 4.78 is 49.4. The van der Waals surface area contributed by atoms with Gasteiger partial charge in [-0.15, -0.1) is 8.78 Å². The molecule has 2 aromatic rings. The minimum atomic E-state index is -3.81. The highest BCUT2D eigenvalue weighted by Gasteiger charge is 2.43. The number of hydrogen-bond acceptors (Lipinski definition) is 9. The Morgan fingerprint density at radius 2 is 1.74 bits per heavy atom. The van der Waals surface area contributed by atoms with Crippen molar-refractivity contribution < 1.29 is 47.0 Å². The fourth-order valence-electron chi connectivity index (χ4n) is 2.62. The number of esters is 1. The number of anilines is 1. The normalized spacial score (nSPS) is 13.3. The molecule has 31 heavy (non-hydrogen) atoms. The lowest BCUT2D eigenvalue weighted by atomic mass is 10.1. The van der Waals surface area contributed by atoms with E-state index >= 15 is 0 Å². The van der Waals surface area contributed by atoms with Gasteiger partial charge in [-0.05, 0) is 12.1 Å². The molecule has 1 aliphatic heterocycles. The standard InChI is InChI=1S/C18H14F2N2O9/c1-27-13-6-10(11(22(25)26)7-14(13)28-2)17(24)29-8-16(23)21-9-3-4-12-15(5-9)31-18(19,20)30-12/h3-7H,8H2,1-2H3,(H,21,23). The number of carbonyl (C=O) groups excluding carboxylic acids is 2. The van der Waals surface area contributed by atoms with E-state index in [2.05, 4.69) is 14.8 Å². The van der Waals surface area contributed by atoms with Gasteiger partial charge < -0.3 is 29.0 Å². The van der Waals surface area contributed by atoms with E-state index in [9.17, 15) is 28.5 Å². The largest absolute Gasteiger partial charge is 0.586 e. The first-order valence-electron chi connectivity index (χ1n) is 8.41. The van der Waals surface area contributed by atoms with Crippen molar-refractivity contribution in [2.45, 2.75) is 6.29 Å². The minimum absolute atomic E-state index is 0.0249. The number of fused-ring (bicyclic) bond motifs is 1. The van der Waals surface area contributed by atoms with Crippen molar-refractivity contribution in [3.63, 3.8) is 0 Å². The van der Waals surface area contributed by atoms with E-state index in [1.807, 2.05) is 0 Å². The number of benzene rings is 2. The predicted octanol–water partition coefficient (Wildman–Crippen LogP) is 2.73. The van der Waals surface area contributed by atoms with Crippen molar-refractivity contribution in [2.24, 2.45) is 0 Å². The first kappa shape index (κ1) is 21.5. The van der Waals surface area contributed by atoms with Crippen LogP contribution in [0, 0.1) is 10.1 Å². The first-order chi connectivity index (χ1) is 14.6. The lowest BCUT2D eigenvalue weighted by Crippen LogP contribution is -2.25. The van der Waals surface area contributed by atoms with Crippen molar-refractivity contribution in [1.29, 1.82) is 0 Å². The Labute approximate surface area is 172 Å². The second-order valence-corrected chi connectivity index (χ2v) is 5.93. The quantitative estimate of drug-likeness (QED) is 0.392. The van der Waals surface area contributed by atoms with Crippen LogP contribution >= 0.6 is 0 Å². The summed E-state index contributed by atoms with van der Waals surface area (Å²) in [6.45, 7) is -0.811. The van der Waals surface area contributed by atoms with Gasteiger partial charge in [0, 0.05) is 17.8 Å². The number of amides is 1. The topological polar surface area (TPSA) is 135 Å². The SMILES string of the molecule is COc1cc(C(=O)OCC(=O)Nc2ccc3c(c2)OC(F)(F)O3)c([N+](=O)[O-])cc1OC. The summed E-state index contributed by atoms with van der Waals surface area (Å²) in [6.07, 6.45) is -3.81. The maximum Gasteiger partial charge on any atom is 0.586 e. The highest BCUT2D eigenvalue weighted by Crippen LogP contribution is 2.42. The fraction of sp³-hybridized carbons (Fsp3) is 0.222. The number of nitro groups is 1. The van der Waals surface area contributed by atoms with E-state index in [0.29, 0.717) is 0 Å². The average molecular weight is 440 g/mol. The van der Waals surface area contributed by atoms with Crippen molar-refractivity contribution in [3.8, 4) is 23.0 Å². The molecule has 0 bridgehead atoms. The number of nitro benzene ring substituents is 1. The Bertz CT molecular complexity index is 1060. The van der Waals surface area contributed by atoms with Crippen molar-refractivity contribution in [2.75, 3.05) is 26.1 Å². The van der Waals surface area contributed by atoms with Gasteiger partial charge in [-0.3, -0.25) is 14.9 Å². The molecule has 1 heterocycles. The number of nitrogens with one attached hydrogen (secondary N) is 1. The van der Waals surface area contributed by atoms with Crippen LogP contribution in [0.2, 0.25) is 0 Å². The van der Waals surface area contributed by atoms with Gasteiger partial charge in [0.25, 0.3) is 11.6 Å². The third-order valence-corrected chi connectivity index (χ3v) is 3.94. The molecule has 0 unspecified atom stereocenters. The van der Waals surface area contributed by atoms with Crippen LogP contribution in [-0.2, 0) is 9.53 Å². The smallest absolute Gasteiger partial charge is 0.493 e. The Hall–Kier alpha value is -4.16. The summed E-state index contributed by atoms with van der Waals surface area (Å²) in [5.41, 5.74) is -1.00. The number of ether oxygens (including phenoxy) is 5. The van der Waals surface area contributed by atoms with Crippen molar-refractivity contribution in [1.82, 2.24) is 0 Å². The number of nitrogens with zero attached hydrogens (tertiary/aromatic N) is 1. The van der Waals surface area contributed by atoms with Crippen LogP contribution in [0.15, 0.2) is 30.3 Å². The van der Waals surface area contributed by atoms with Gasteiger partial charge in [0.05, 0.1) is 25.2 Å². The zero-order chi connectivity index (χ0) is 22.8. The van der Waals surface area contributed by atoms with E-state index < -0.39 is 41.0 Å². The Balaban J connectivity index is 1.67. The molecular formula is C18H14F2N2O9. The van der Waals surface area contributed by atoms with Gasteiger partial charge in [-0.1, -0.05) is 0 Å². The van der Waals surface area contributed by atoms with Gasteiger partial charge >= 0.3 is 12.3 Å². The molecule has 1 aliphatic rings. The van der Waals surface area contributed by atoms with Crippen LogP contribution in [0.1, 0.15) is 10.4 Å². The molecule has 1 N–H and O–H groups in total. The lowest BCUT2D eigenvalue weighted by molar-refractivity contribution is -0.385. The zero-order valence-electron chi connectivity index (χ0n) is 16.0. The highest BCUT2D eigenvalue weighted by molar-refractivity contribution is 5.98. The van der Waals surface area contributed by atoms with E-state index in [-0.39, 0.29) is 28.7 Å². The Kier molecular flexibility index (Phi) is 5.77.